The number of thioether (sulfide) groups is 1. The Kier molecular flexibility index (Phi) is 4.63. The zero-order valence-corrected chi connectivity index (χ0v) is 12.4. The molecule has 0 aliphatic carbocycles. The first kappa shape index (κ1) is 15.9. The van der Waals surface area contributed by atoms with Crippen LogP contribution in [0.15, 0.2) is 33.9 Å². The Morgan fingerprint density at radius 1 is 1.29 bits per heavy atom. The Morgan fingerprint density at radius 2 is 1.95 bits per heavy atom. The highest BCUT2D eigenvalue weighted by Crippen LogP contribution is 2.35. The van der Waals surface area contributed by atoms with Gasteiger partial charge in [-0.3, -0.25) is 0 Å². The van der Waals surface area contributed by atoms with E-state index in [1.165, 1.54) is 23.9 Å². The molecule has 7 heteroatoms. The third-order valence-corrected chi connectivity index (χ3v) is 4.01. The molecule has 0 saturated heterocycles. The van der Waals surface area contributed by atoms with Crippen LogP contribution in [0.3, 0.4) is 0 Å². The van der Waals surface area contributed by atoms with E-state index in [0.29, 0.717) is 11.0 Å². The summed E-state index contributed by atoms with van der Waals surface area (Å²) in [5, 5.41) is 0.421. The summed E-state index contributed by atoms with van der Waals surface area (Å²) in [5.74, 6) is 0.953. The zero-order valence-electron chi connectivity index (χ0n) is 11.6. The van der Waals surface area contributed by atoms with Gasteiger partial charge in [-0.1, -0.05) is 30.0 Å². The van der Waals surface area contributed by atoms with Crippen LogP contribution in [0.2, 0.25) is 0 Å². The quantitative estimate of drug-likeness (QED) is 0.863. The molecule has 2 N–H and O–H groups in total. The van der Waals surface area contributed by atoms with E-state index >= 15 is 0 Å². The number of hydrogen-bond donors (Lipinski definition) is 1. The Bertz CT molecular complexity index is 605. The molecule has 114 valence electrons. The Labute approximate surface area is 124 Å². The standard InChI is InChI=1S/C14H15F3N2OS/c1-8-9(2)20-13(19-8)21-7-12(18)10-5-3-4-6-11(10)14(15,16)17/h3-6,12H,7,18H2,1-2H3. The number of benzene rings is 1. The molecule has 21 heavy (non-hydrogen) atoms. The van der Waals surface area contributed by atoms with Gasteiger partial charge in [0.15, 0.2) is 0 Å². The lowest BCUT2D eigenvalue weighted by atomic mass is 10.0. The number of nitrogens with zero attached hydrogens (tertiary/aromatic N) is 1. The number of alkyl halides is 3. The molecule has 1 aromatic carbocycles. The second-order valence-electron chi connectivity index (χ2n) is 4.62. The SMILES string of the molecule is Cc1nc(SCC(N)c2ccccc2C(F)(F)F)oc1C. The summed E-state index contributed by atoms with van der Waals surface area (Å²) in [5.41, 5.74) is 6.05. The lowest BCUT2D eigenvalue weighted by Gasteiger charge is -2.17. The van der Waals surface area contributed by atoms with E-state index in [-0.39, 0.29) is 11.3 Å². The van der Waals surface area contributed by atoms with Crippen LogP contribution in [0, 0.1) is 13.8 Å². The Hall–Kier alpha value is -1.47. The van der Waals surface area contributed by atoms with Crippen LogP contribution in [0.25, 0.3) is 0 Å². The lowest BCUT2D eigenvalue weighted by molar-refractivity contribution is -0.138. The average Bonchev–Trinajstić information content (AvgIpc) is 2.74. The van der Waals surface area contributed by atoms with Crippen molar-refractivity contribution in [2.24, 2.45) is 5.73 Å². The highest BCUT2D eigenvalue weighted by Gasteiger charge is 2.34. The van der Waals surface area contributed by atoms with Crippen LogP contribution < -0.4 is 5.73 Å². The molecule has 0 saturated carbocycles. The van der Waals surface area contributed by atoms with Gasteiger partial charge in [0.05, 0.1) is 11.3 Å². The van der Waals surface area contributed by atoms with E-state index in [0.717, 1.165) is 11.8 Å². The molecule has 0 aliphatic heterocycles. The van der Waals surface area contributed by atoms with Gasteiger partial charge in [-0.25, -0.2) is 4.98 Å². The molecule has 3 nitrogen and oxygen atoms in total. The van der Waals surface area contributed by atoms with Crippen LogP contribution >= 0.6 is 11.8 Å². The number of hydrogen-bond acceptors (Lipinski definition) is 4. The third kappa shape index (κ3) is 3.79. The van der Waals surface area contributed by atoms with E-state index in [9.17, 15) is 13.2 Å². The number of rotatable bonds is 4. The first-order valence-corrected chi connectivity index (χ1v) is 7.26. The summed E-state index contributed by atoms with van der Waals surface area (Å²) in [6.07, 6.45) is -4.41. The maximum Gasteiger partial charge on any atom is 0.416 e. The lowest BCUT2D eigenvalue weighted by Crippen LogP contribution is -2.19. The van der Waals surface area contributed by atoms with E-state index in [4.69, 9.17) is 10.2 Å². The molecule has 2 rings (SSSR count). The molecule has 1 unspecified atom stereocenters. The van der Waals surface area contributed by atoms with Gasteiger partial charge in [0.25, 0.3) is 5.22 Å². The van der Waals surface area contributed by atoms with Crippen molar-refractivity contribution in [2.45, 2.75) is 31.3 Å². The average molecular weight is 316 g/mol. The summed E-state index contributed by atoms with van der Waals surface area (Å²) >= 11 is 1.21. The molecule has 0 aliphatic rings. The van der Waals surface area contributed by atoms with Crippen molar-refractivity contribution in [1.82, 2.24) is 4.98 Å². The number of aromatic nitrogens is 1. The van der Waals surface area contributed by atoms with E-state index in [2.05, 4.69) is 4.98 Å². The minimum absolute atomic E-state index is 0.0810. The molecular formula is C14H15F3N2OS. The maximum atomic E-state index is 12.9. The van der Waals surface area contributed by atoms with Crippen molar-refractivity contribution in [3.8, 4) is 0 Å². The minimum Gasteiger partial charge on any atom is -0.437 e. The summed E-state index contributed by atoms with van der Waals surface area (Å²) in [4.78, 5) is 4.17. The van der Waals surface area contributed by atoms with E-state index in [1.54, 1.807) is 13.0 Å². The Balaban J connectivity index is 2.12. The van der Waals surface area contributed by atoms with Gasteiger partial charge >= 0.3 is 6.18 Å². The predicted octanol–water partition coefficient (Wildman–Crippen LogP) is 4.10. The molecule has 1 heterocycles. The summed E-state index contributed by atoms with van der Waals surface area (Å²) < 4.78 is 44.2. The predicted molar refractivity (Wildman–Crippen MR) is 75.1 cm³/mol. The van der Waals surface area contributed by atoms with Crippen molar-refractivity contribution < 1.29 is 17.6 Å². The largest absolute Gasteiger partial charge is 0.437 e. The molecule has 0 bridgehead atoms. The number of oxazole rings is 1. The number of aryl methyl sites for hydroxylation is 2. The monoisotopic (exact) mass is 316 g/mol. The molecule has 2 aromatic rings. The van der Waals surface area contributed by atoms with Crippen molar-refractivity contribution >= 4 is 11.8 Å². The molecule has 1 aromatic heterocycles. The zero-order chi connectivity index (χ0) is 15.6. The summed E-state index contributed by atoms with van der Waals surface area (Å²) in [6, 6.07) is 4.60. The fourth-order valence-electron chi connectivity index (χ4n) is 1.83. The minimum atomic E-state index is -4.41. The number of halogens is 3. The molecule has 0 spiro atoms. The van der Waals surface area contributed by atoms with Gasteiger partial charge in [-0.2, -0.15) is 13.2 Å². The van der Waals surface area contributed by atoms with Crippen molar-refractivity contribution in [1.29, 1.82) is 0 Å². The first-order chi connectivity index (χ1) is 9.79. The van der Waals surface area contributed by atoms with Crippen LogP contribution in [-0.4, -0.2) is 10.7 Å². The van der Waals surface area contributed by atoms with Crippen LogP contribution in [0.1, 0.15) is 28.6 Å². The van der Waals surface area contributed by atoms with Crippen LogP contribution in [-0.2, 0) is 6.18 Å². The fourth-order valence-corrected chi connectivity index (χ4v) is 2.72. The van der Waals surface area contributed by atoms with Gasteiger partial charge in [0.1, 0.15) is 5.76 Å². The molecule has 1 atom stereocenters. The summed E-state index contributed by atoms with van der Waals surface area (Å²) in [7, 11) is 0. The summed E-state index contributed by atoms with van der Waals surface area (Å²) in [6.45, 7) is 3.59. The van der Waals surface area contributed by atoms with Crippen molar-refractivity contribution in [3.63, 3.8) is 0 Å². The maximum absolute atomic E-state index is 12.9. The topological polar surface area (TPSA) is 52.0 Å². The third-order valence-electron chi connectivity index (χ3n) is 3.06. The second-order valence-corrected chi connectivity index (χ2v) is 5.60. The van der Waals surface area contributed by atoms with E-state index < -0.39 is 17.8 Å². The van der Waals surface area contributed by atoms with Crippen molar-refractivity contribution in [2.75, 3.05) is 5.75 Å². The van der Waals surface area contributed by atoms with Crippen LogP contribution in [0.5, 0.6) is 0 Å². The molecule has 0 radical (unpaired) electrons. The van der Waals surface area contributed by atoms with Crippen LogP contribution in [0.4, 0.5) is 13.2 Å². The fraction of sp³-hybridized carbons (Fsp3) is 0.357. The molecule has 0 fully saturated rings. The van der Waals surface area contributed by atoms with Crippen molar-refractivity contribution in [3.05, 3.63) is 46.8 Å². The Morgan fingerprint density at radius 3 is 2.52 bits per heavy atom. The first-order valence-electron chi connectivity index (χ1n) is 6.27. The van der Waals surface area contributed by atoms with E-state index in [1.807, 2.05) is 6.92 Å². The second kappa shape index (κ2) is 6.11. The normalized spacial score (nSPS) is 13.4. The number of nitrogens with two attached hydrogens (primary N) is 1. The molecule has 0 amide bonds. The van der Waals surface area contributed by atoms with Gasteiger partial charge in [-0.05, 0) is 25.5 Å². The van der Waals surface area contributed by atoms with Gasteiger partial charge < -0.3 is 10.2 Å². The van der Waals surface area contributed by atoms with Gasteiger partial charge in [-0.15, -0.1) is 0 Å². The highest BCUT2D eigenvalue weighted by atomic mass is 32.2. The molecular weight excluding hydrogens is 301 g/mol. The smallest absolute Gasteiger partial charge is 0.416 e. The highest BCUT2D eigenvalue weighted by molar-refractivity contribution is 7.99. The van der Waals surface area contributed by atoms with Gasteiger partial charge in [0.2, 0.25) is 0 Å². The van der Waals surface area contributed by atoms with Gasteiger partial charge in [0, 0.05) is 11.8 Å².